The number of aliphatic hydroxyl groups is 8. The molecule has 0 fully saturated rings. The smallest absolute Gasteiger partial charge is 0.204 e. The molecule has 0 aromatic heterocycles. The first-order valence-corrected chi connectivity index (χ1v) is 23.5. The van der Waals surface area contributed by atoms with Gasteiger partial charge in [0.25, 0.3) is 0 Å². The molecule has 0 radical (unpaired) electrons. The lowest BCUT2D eigenvalue weighted by atomic mass is 10.0. The minimum atomic E-state index is -0.267. The minimum Gasteiger partial charge on any atom is -0.397 e. The molecule has 72 heavy (non-hydrogen) atoms. The fourth-order valence-corrected chi connectivity index (χ4v) is 7.61. The molecular weight excluding hydrogens is 923 g/mol. The van der Waals surface area contributed by atoms with E-state index >= 15 is 0 Å². The van der Waals surface area contributed by atoms with Crippen molar-refractivity contribution in [3.63, 3.8) is 0 Å². The molecule has 15 N–H and O–H groups in total. The van der Waals surface area contributed by atoms with Gasteiger partial charge in [-0.25, -0.2) is 9.98 Å². The highest BCUT2D eigenvalue weighted by molar-refractivity contribution is 6.24. The van der Waals surface area contributed by atoms with Crippen LogP contribution in [-0.2, 0) is 4.79 Å². The summed E-state index contributed by atoms with van der Waals surface area (Å²) in [6, 6.07) is 29.5. The lowest BCUT2D eigenvalue weighted by molar-refractivity contribution is -0.111. The lowest BCUT2D eigenvalue weighted by Crippen LogP contribution is -2.29. The number of aliphatic imine (C=N–C) groups is 2. The van der Waals surface area contributed by atoms with Crippen LogP contribution in [0.5, 0.6) is 0 Å². The molecular formula is C52H67N11O9. The molecule has 2 aliphatic rings. The summed E-state index contributed by atoms with van der Waals surface area (Å²) in [6.45, 7) is 3.20. The quantitative estimate of drug-likeness (QED) is 0.0400. The SMILES string of the molecule is N=C1C=C(N)C(=Nc2ccc(N(CCO)CCO)cc2)C=C1Nc1ccc(N(CCO)CCO)cc1.NC1=CC(=O)C(Nc2ccc(N(CCO)CCO)cc2)=CC1=Nc1ccc(N(CCO)CCO)cc1. The molecule has 0 saturated heterocycles. The molecule has 0 unspecified atom stereocenters. The standard InChI is InChI=1S/C26H34N6O4.C26H33N5O5/c27-23-17-24(28)26(30-20-3-7-22(8-4-20)32(11-15-35)12-16-36)18-25(23)29-19-1-5-21(6-2-19)31(9-13-33)10-14-34;27-23-17-26(36)25(29-20-3-7-22(8-4-20)31(11-15-34)12-16-35)18-24(23)28-19-1-5-21(6-2-19)30(9-13-32)10-14-33/h1-8,17-18,27,29,33-36H,9-16,28H2;1-8,17-18,29,32-35H,9-16,27H2. The Balaban J connectivity index is 0.000000267. The lowest BCUT2D eigenvalue weighted by Gasteiger charge is -2.23. The predicted molar refractivity (Wildman–Crippen MR) is 286 cm³/mol. The molecule has 4 aromatic rings. The van der Waals surface area contributed by atoms with Crippen molar-refractivity contribution >= 4 is 68.4 Å². The van der Waals surface area contributed by atoms with Crippen LogP contribution in [0.1, 0.15) is 0 Å². The van der Waals surface area contributed by atoms with E-state index in [4.69, 9.17) is 16.9 Å². The van der Waals surface area contributed by atoms with Gasteiger partial charge in [0.2, 0.25) is 5.78 Å². The van der Waals surface area contributed by atoms with E-state index in [-0.39, 0.29) is 70.0 Å². The summed E-state index contributed by atoms with van der Waals surface area (Å²) in [5.41, 5.74) is 21.2. The summed E-state index contributed by atoms with van der Waals surface area (Å²) >= 11 is 0. The van der Waals surface area contributed by atoms with Crippen molar-refractivity contribution in [1.29, 1.82) is 5.41 Å². The Labute approximate surface area is 419 Å². The van der Waals surface area contributed by atoms with Crippen molar-refractivity contribution < 1.29 is 45.6 Å². The number of allylic oxidation sites excluding steroid dienone is 4. The van der Waals surface area contributed by atoms with Gasteiger partial charge in [0.1, 0.15) is 0 Å². The Hall–Kier alpha value is -7.40. The van der Waals surface area contributed by atoms with E-state index in [0.29, 0.717) is 97.9 Å². The van der Waals surface area contributed by atoms with Gasteiger partial charge in [0, 0.05) is 92.6 Å². The normalized spacial score (nSPS) is 14.4. The molecule has 0 heterocycles. The predicted octanol–water partition coefficient (Wildman–Crippen LogP) is 1.98. The van der Waals surface area contributed by atoms with E-state index < -0.39 is 0 Å². The van der Waals surface area contributed by atoms with Gasteiger partial charge in [0.05, 0.1) is 104 Å². The van der Waals surface area contributed by atoms with Gasteiger partial charge in [-0.05, 0) is 115 Å². The summed E-state index contributed by atoms with van der Waals surface area (Å²) in [4.78, 5) is 29.3. The Kier molecular flexibility index (Phi) is 22.4. The van der Waals surface area contributed by atoms with Gasteiger partial charge in [-0.1, -0.05) is 0 Å². The first-order valence-electron chi connectivity index (χ1n) is 23.5. The summed E-state index contributed by atoms with van der Waals surface area (Å²) in [5.74, 6) is -0.267. The number of carbonyl (C=O) groups is 1. The van der Waals surface area contributed by atoms with Crippen molar-refractivity contribution in [2.75, 3.05) is 135 Å². The highest BCUT2D eigenvalue weighted by Gasteiger charge is 2.19. The van der Waals surface area contributed by atoms with Gasteiger partial charge >= 0.3 is 0 Å². The molecule has 0 amide bonds. The second-order valence-corrected chi connectivity index (χ2v) is 16.2. The third kappa shape index (κ3) is 16.3. The van der Waals surface area contributed by atoms with Crippen LogP contribution in [0, 0.1) is 5.41 Å². The fourth-order valence-electron chi connectivity index (χ4n) is 7.61. The topological polar surface area (TPSA) is 317 Å². The zero-order valence-electron chi connectivity index (χ0n) is 40.2. The molecule has 20 heteroatoms. The third-order valence-corrected chi connectivity index (χ3v) is 11.2. The van der Waals surface area contributed by atoms with Crippen LogP contribution in [0.15, 0.2) is 154 Å². The molecule has 0 saturated carbocycles. The largest absolute Gasteiger partial charge is 0.397 e. The van der Waals surface area contributed by atoms with E-state index in [1.165, 1.54) is 6.08 Å². The summed E-state index contributed by atoms with van der Waals surface area (Å²) < 4.78 is 0. The number of ketones is 1. The molecule has 0 aliphatic heterocycles. The van der Waals surface area contributed by atoms with Crippen molar-refractivity contribution in [3.8, 4) is 0 Å². The average Bonchev–Trinajstić information content (AvgIpc) is 3.38. The van der Waals surface area contributed by atoms with E-state index in [2.05, 4.69) is 20.6 Å². The molecule has 384 valence electrons. The van der Waals surface area contributed by atoms with E-state index in [9.17, 15) is 45.6 Å². The zero-order valence-corrected chi connectivity index (χ0v) is 40.2. The maximum absolute atomic E-state index is 12.5. The van der Waals surface area contributed by atoms with Crippen molar-refractivity contribution in [3.05, 3.63) is 144 Å². The Bertz CT molecular complexity index is 2350. The number of nitrogens with two attached hydrogens (primary N) is 2. The molecule has 2 aliphatic carbocycles. The van der Waals surface area contributed by atoms with Crippen molar-refractivity contribution in [1.82, 2.24) is 0 Å². The number of carbonyl (C=O) groups excluding carboxylic acids is 1. The van der Waals surface area contributed by atoms with Crippen LogP contribution in [0.4, 0.5) is 45.5 Å². The molecule has 0 spiro atoms. The van der Waals surface area contributed by atoms with Crippen LogP contribution in [-0.4, -0.2) is 169 Å². The maximum atomic E-state index is 12.5. The van der Waals surface area contributed by atoms with Crippen LogP contribution in [0.3, 0.4) is 0 Å². The van der Waals surface area contributed by atoms with Gasteiger partial charge in [-0.15, -0.1) is 0 Å². The zero-order chi connectivity index (χ0) is 51.8. The van der Waals surface area contributed by atoms with Gasteiger partial charge in [-0.2, -0.15) is 0 Å². The minimum absolute atomic E-state index is 0.00772. The van der Waals surface area contributed by atoms with Crippen molar-refractivity contribution in [2.45, 2.75) is 0 Å². The number of nitrogens with zero attached hydrogens (tertiary/aromatic N) is 6. The number of aliphatic hydroxyl groups excluding tert-OH is 8. The summed E-state index contributed by atoms with van der Waals surface area (Å²) in [6.07, 6.45) is 6.22. The molecule has 6 rings (SSSR count). The monoisotopic (exact) mass is 990 g/mol. The number of nitrogens with one attached hydrogen (secondary N) is 3. The highest BCUT2D eigenvalue weighted by Crippen LogP contribution is 2.26. The second-order valence-electron chi connectivity index (χ2n) is 16.2. The van der Waals surface area contributed by atoms with E-state index in [1.807, 2.05) is 105 Å². The van der Waals surface area contributed by atoms with Crippen LogP contribution >= 0.6 is 0 Å². The second kappa shape index (κ2) is 29.1. The third-order valence-electron chi connectivity index (χ3n) is 11.2. The number of anilines is 6. The number of hydrogen-bond acceptors (Lipinski definition) is 20. The van der Waals surface area contributed by atoms with E-state index in [0.717, 1.165) is 28.4 Å². The first-order chi connectivity index (χ1) is 35.0. The average molecular weight is 990 g/mol. The van der Waals surface area contributed by atoms with Crippen LogP contribution in [0.25, 0.3) is 0 Å². The summed E-state index contributed by atoms with van der Waals surface area (Å²) in [7, 11) is 0. The first kappa shape index (κ1) is 55.5. The number of benzene rings is 4. The van der Waals surface area contributed by atoms with Gasteiger partial charge in [0.15, 0.2) is 0 Å². The molecule has 20 nitrogen and oxygen atoms in total. The maximum Gasteiger partial charge on any atom is 0.204 e. The van der Waals surface area contributed by atoms with Gasteiger partial charge < -0.3 is 82.6 Å². The Morgan fingerprint density at radius 3 is 1.00 bits per heavy atom. The van der Waals surface area contributed by atoms with Crippen molar-refractivity contribution in [2.24, 2.45) is 21.5 Å². The Morgan fingerprint density at radius 1 is 0.403 bits per heavy atom. The van der Waals surface area contributed by atoms with Crippen LogP contribution in [0.2, 0.25) is 0 Å². The highest BCUT2D eigenvalue weighted by atomic mass is 16.3. The van der Waals surface area contributed by atoms with Crippen LogP contribution < -0.4 is 41.7 Å². The molecule has 0 bridgehead atoms. The molecule has 0 atom stereocenters. The Morgan fingerprint density at radius 2 is 0.681 bits per heavy atom. The van der Waals surface area contributed by atoms with E-state index in [1.54, 1.807) is 30.4 Å². The van der Waals surface area contributed by atoms with Gasteiger partial charge in [-0.3, -0.25) is 10.2 Å². The summed E-state index contributed by atoms with van der Waals surface area (Å²) in [5, 5.41) is 88.6. The number of hydrogen-bond donors (Lipinski definition) is 13. The fraction of sp³-hybridized carbons (Fsp3) is 0.308. The molecule has 4 aromatic carbocycles. The number of rotatable bonds is 26.